The molecule has 7 rings (SSSR count). The predicted octanol–water partition coefficient (Wildman–Crippen LogP) is 8.18. The van der Waals surface area contributed by atoms with Gasteiger partial charge in [-0.3, -0.25) is 0 Å². The van der Waals surface area contributed by atoms with Crippen molar-refractivity contribution in [2.24, 2.45) is 0 Å². The maximum absolute atomic E-state index is 6.18. The summed E-state index contributed by atoms with van der Waals surface area (Å²) < 4.78 is 19.6. The average Bonchev–Trinajstić information content (AvgIpc) is 3.64. The molecule has 0 saturated carbocycles. The zero-order valence-corrected chi connectivity index (χ0v) is 22.0. The first kappa shape index (κ1) is 23.7. The van der Waals surface area contributed by atoms with Crippen LogP contribution in [0.1, 0.15) is 0 Å². The van der Waals surface area contributed by atoms with Gasteiger partial charge in [-0.2, -0.15) is 0 Å². The molecular formula is C34H25N3O3. The van der Waals surface area contributed by atoms with Gasteiger partial charge in [0.15, 0.2) is 0 Å². The molecule has 0 aliphatic rings. The Hall–Kier alpha value is -5.36. The Bertz CT molecular complexity index is 1930. The molecule has 0 bridgehead atoms. The third kappa shape index (κ3) is 3.89. The Morgan fingerprint density at radius 3 is 1.75 bits per heavy atom. The minimum atomic E-state index is 0.473. The lowest BCUT2D eigenvalue weighted by atomic mass is 9.97. The molecule has 0 saturated heterocycles. The van der Waals surface area contributed by atoms with E-state index in [0.29, 0.717) is 11.8 Å². The highest BCUT2D eigenvalue weighted by Gasteiger charge is 2.20. The number of methoxy groups -OCH3 is 2. The van der Waals surface area contributed by atoms with Crippen LogP contribution >= 0.6 is 0 Å². The summed E-state index contributed by atoms with van der Waals surface area (Å²) in [7, 11) is 3.38. The first-order valence-corrected chi connectivity index (χ1v) is 13.0. The van der Waals surface area contributed by atoms with Crippen LogP contribution in [0.5, 0.6) is 11.5 Å². The summed E-state index contributed by atoms with van der Waals surface area (Å²) in [6.07, 6.45) is 0. The van der Waals surface area contributed by atoms with Gasteiger partial charge < -0.3 is 18.5 Å². The maximum Gasteiger partial charge on any atom is 0.248 e. The molecule has 0 N–H and O–H groups in total. The lowest BCUT2D eigenvalue weighted by Crippen LogP contribution is -1.98. The molecule has 0 atom stereocenters. The summed E-state index contributed by atoms with van der Waals surface area (Å²) in [5.41, 5.74) is 6.97. The van der Waals surface area contributed by atoms with Crippen LogP contribution < -0.4 is 9.47 Å². The largest absolute Gasteiger partial charge is 0.497 e. The molecule has 0 amide bonds. The van der Waals surface area contributed by atoms with Crippen LogP contribution in [0.15, 0.2) is 120 Å². The number of hydrogen-bond acceptors (Lipinski definition) is 5. The van der Waals surface area contributed by atoms with E-state index < -0.39 is 0 Å². The normalized spacial score (nSPS) is 11.2. The molecule has 7 aromatic rings. The van der Waals surface area contributed by atoms with Crippen LogP contribution in [0.4, 0.5) is 0 Å². The van der Waals surface area contributed by atoms with Gasteiger partial charge in [-0.15, -0.1) is 10.2 Å². The standard InChI is InChI=1S/C34H25N3O3/c1-38-23-16-18-31-28(20-23)29-21-24(39-2)17-19-32(29)37(31)30-15-9-8-13-26(30)25-12-6-7-14-27(25)34-36-35-33(40-34)22-10-4-3-5-11-22/h3-21H,1-2H3. The molecule has 40 heavy (non-hydrogen) atoms. The predicted molar refractivity (Wildman–Crippen MR) is 158 cm³/mol. The van der Waals surface area contributed by atoms with Crippen molar-refractivity contribution >= 4 is 21.8 Å². The Labute approximate surface area is 231 Å². The number of benzene rings is 5. The number of hydrogen-bond donors (Lipinski definition) is 0. The van der Waals surface area contributed by atoms with E-state index in [0.717, 1.165) is 61.2 Å². The SMILES string of the molecule is COc1ccc2c(c1)c1cc(OC)ccc1n2-c1ccccc1-c1ccccc1-c1nnc(-c2ccccc2)o1. The van der Waals surface area contributed by atoms with Crippen molar-refractivity contribution in [3.63, 3.8) is 0 Å². The summed E-state index contributed by atoms with van der Waals surface area (Å²) in [4.78, 5) is 0. The van der Waals surface area contributed by atoms with Crippen LogP contribution in [0.2, 0.25) is 0 Å². The summed E-state index contributed by atoms with van der Waals surface area (Å²) in [6.45, 7) is 0. The molecule has 6 nitrogen and oxygen atoms in total. The van der Waals surface area contributed by atoms with Crippen LogP contribution in [0.25, 0.3) is 61.5 Å². The zero-order chi connectivity index (χ0) is 27.1. The molecule has 0 aliphatic heterocycles. The molecule has 0 spiro atoms. The second kappa shape index (κ2) is 9.75. The molecule has 0 unspecified atom stereocenters. The third-order valence-corrected chi connectivity index (χ3v) is 7.22. The fourth-order valence-corrected chi connectivity index (χ4v) is 5.33. The third-order valence-electron chi connectivity index (χ3n) is 7.22. The Kier molecular flexibility index (Phi) is 5.78. The van der Waals surface area contributed by atoms with Gasteiger partial charge in [-0.05, 0) is 66.2 Å². The Morgan fingerprint density at radius 2 is 1.10 bits per heavy atom. The first-order chi connectivity index (χ1) is 19.7. The van der Waals surface area contributed by atoms with Crippen molar-refractivity contribution in [2.45, 2.75) is 0 Å². The van der Waals surface area contributed by atoms with Crippen molar-refractivity contribution in [2.75, 3.05) is 14.2 Å². The van der Waals surface area contributed by atoms with E-state index in [4.69, 9.17) is 13.9 Å². The minimum absolute atomic E-state index is 0.473. The van der Waals surface area contributed by atoms with Crippen LogP contribution in [-0.4, -0.2) is 29.0 Å². The summed E-state index contributed by atoms with van der Waals surface area (Å²) >= 11 is 0. The second-order valence-electron chi connectivity index (χ2n) is 9.44. The van der Waals surface area contributed by atoms with E-state index in [2.05, 4.69) is 69.4 Å². The van der Waals surface area contributed by atoms with E-state index in [9.17, 15) is 0 Å². The van der Waals surface area contributed by atoms with Crippen LogP contribution in [0.3, 0.4) is 0 Å². The van der Waals surface area contributed by atoms with Gasteiger partial charge in [0.2, 0.25) is 11.8 Å². The van der Waals surface area contributed by atoms with Gasteiger partial charge in [-0.25, -0.2) is 0 Å². The highest BCUT2D eigenvalue weighted by Crippen LogP contribution is 2.41. The second-order valence-corrected chi connectivity index (χ2v) is 9.44. The van der Waals surface area contributed by atoms with Gasteiger partial charge in [0.25, 0.3) is 0 Å². The number of rotatable bonds is 6. The number of nitrogens with zero attached hydrogens (tertiary/aromatic N) is 3. The fourth-order valence-electron chi connectivity index (χ4n) is 5.33. The number of fused-ring (bicyclic) bond motifs is 3. The molecule has 0 radical (unpaired) electrons. The van der Waals surface area contributed by atoms with E-state index in [1.165, 1.54) is 0 Å². The zero-order valence-electron chi connectivity index (χ0n) is 22.0. The average molecular weight is 524 g/mol. The fraction of sp³-hybridized carbons (Fsp3) is 0.0588. The molecule has 194 valence electrons. The number of para-hydroxylation sites is 1. The maximum atomic E-state index is 6.18. The van der Waals surface area contributed by atoms with Gasteiger partial charge >= 0.3 is 0 Å². The quantitative estimate of drug-likeness (QED) is 0.220. The smallest absolute Gasteiger partial charge is 0.248 e. The monoisotopic (exact) mass is 523 g/mol. The highest BCUT2D eigenvalue weighted by molar-refractivity contribution is 6.10. The summed E-state index contributed by atoms with van der Waals surface area (Å²) in [5, 5.41) is 10.9. The molecular weight excluding hydrogens is 498 g/mol. The first-order valence-electron chi connectivity index (χ1n) is 13.0. The van der Waals surface area contributed by atoms with Gasteiger partial charge in [0.05, 0.1) is 30.9 Å². The minimum Gasteiger partial charge on any atom is -0.497 e. The summed E-state index contributed by atoms with van der Waals surface area (Å²) in [5.74, 6) is 2.57. The van der Waals surface area contributed by atoms with Crippen molar-refractivity contribution < 1.29 is 13.9 Å². The summed E-state index contributed by atoms with van der Waals surface area (Å²) in [6, 6.07) is 38.7. The molecule has 0 fully saturated rings. The molecule has 2 aromatic heterocycles. The van der Waals surface area contributed by atoms with Gasteiger partial charge in [0, 0.05) is 27.5 Å². The van der Waals surface area contributed by atoms with Crippen LogP contribution in [0, 0.1) is 0 Å². The van der Waals surface area contributed by atoms with Crippen molar-refractivity contribution in [1.82, 2.24) is 14.8 Å². The number of aromatic nitrogens is 3. The molecule has 6 heteroatoms. The van der Waals surface area contributed by atoms with Crippen LogP contribution in [-0.2, 0) is 0 Å². The van der Waals surface area contributed by atoms with E-state index in [1.807, 2.05) is 60.7 Å². The van der Waals surface area contributed by atoms with E-state index in [1.54, 1.807) is 14.2 Å². The Morgan fingerprint density at radius 1 is 0.550 bits per heavy atom. The van der Waals surface area contributed by atoms with E-state index in [-0.39, 0.29) is 0 Å². The van der Waals surface area contributed by atoms with Gasteiger partial charge in [0.1, 0.15) is 11.5 Å². The topological polar surface area (TPSA) is 62.3 Å². The molecule has 2 heterocycles. The lowest BCUT2D eigenvalue weighted by molar-refractivity contribution is 0.415. The van der Waals surface area contributed by atoms with Crippen molar-refractivity contribution in [3.8, 4) is 51.2 Å². The van der Waals surface area contributed by atoms with Gasteiger partial charge in [-0.1, -0.05) is 54.6 Å². The highest BCUT2D eigenvalue weighted by atomic mass is 16.5. The van der Waals surface area contributed by atoms with Crippen molar-refractivity contribution in [1.29, 1.82) is 0 Å². The Balaban J connectivity index is 1.45. The molecule has 5 aromatic carbocycles. The lowest BCUT2D eigenvalue weighted by Gasteiger charge is -2.15. The van der Waals surface area contributed by atoms with Crippen molar-refractivity contribution in [3.05, 3.63) is 115 Å². The number of ether oxygens (including phenoxy) is 2. The molecule has 0 aliphatic carbocycles. The van der Waals surface area contributed by atoms with E-state index >= 15 is 0 Å².